The Morgan fingerprint density at radius 1 is 1.50 bits per heavy atom. The summed E-state index contributed by atoms with van der Waals surface area (Å²) in [4.78, 5) is 24.2. The predicted molar refractivity (Wildman–Crippen MR) is 64.2 cm³/mol. The van der Waals surface area contributed by atoms with Crippen molar-refractivity contribution in [2.75, 3.05) is 32.8 Å². The maximum atomic E-state index is 11.9. The first-order chi connectivity index (χ1) is 8.48. The van der Waals surface area contributed by atoms with Gasteiger partial charge in [0.25, 0.3) is 0 Å². The van der Waals surface area contributed by atoms with Crippen molar-refractivity contribution in [2.45, 2.75) is 25.4 Å². The molecule has 0 radical (unpaired) electrons. The van der Waals surface area contributed by atoms with Gasteiger partial charge in [-0.05, 0) is 19.3 Å². The average molecular weight is 256 g/mol. The maximum Gasteiger partial charge on any atom is 0.303 e. The van der Waals surface area contributed by atoms with E-state index in [-0.39, 0.29) is 30.5 Å². The summed E-state index contributed by atoms with van der Waals surface area (Å²) in [5.41, 5.74) is -0.212. The molecule has 2 fully saturated rings. The first-order valence-corrected chi connectivity index (χ1v) is 6.33. The van der Waals surface area contributed by atoms with Crippen LogP contribution in [0.1, 0.15) is 19.8 Å². The lowest BCUT2D eigenvalue weighted by atomic mass is 10.0. The van der Waals surface area contributed by atoms with E-state index in [2.05, 4.69) is 5.32 Å². The largest absolute Gasteiger partial charge is 0.481 e. The van der Waals surface area contributed by atoms with E-state index >= 15 is 0 Å². The van der Waals surface area contributed by atoms with Gasteiger partial charge in [0.2, 0.25) is 5.91 Å². The Bertz CT molecular complexity index is 341. The highest BCUT2D eigenvalue weighted by atomic mass is 16.5. The van der Waals surface area contributed by atoms with Crippen LogP contribution < -0.4 is 5.32 Å². The molecule has 1 atom stereocenters. The molecular formula is C12H20N2O4. The first kappa shape index (κ1) is 13.3. The second-order valence-electron chi connectivity index (χ2n) is 5.43. The van der Waals surface area contributed by atoms with Gasteiger partial charge in [0, 0.05) is 32.6 Å². The molecule has 2 heterocycles. The van der Waals surface area contributed by atoms with Crippen LogP contribution in [0.5, 0.6) is 0 Å². The van der Waals surface area contributed by atoms with E-state index in [0.29, 0.717) is 13.1 Å². The van der Waals surface area contributed by atoms with E-state index < -0.39 is 5.97 Å². The van der Waals surface area contributed by atoms with E-state index in [0.717, 1.165) is 19.5 Å². The molecular weight excluding hydrogens is 236 g/mol. The van der Waals surface area contributed by atoms with Crippen molar-refractivity contribution in [3.8, 4) is 0 Å². The summed E-state index contributed by atoms with van der Waals surface area (Å²) in [7, 11) is 0. The Morgan fingerprint density at radius 2 is 2.22 bits per heavy atom. The number of carboxylic acids is 1. The summed E-state index contributed by atoms with van der Waals surface area (Å²) < 4.78 is 5.59. The van der Waals surface area contributed by atoms with E-state index in [1.807, 2.05) is 6.92 Å². The van der Waals surface area contributed by atoms with Gasteiger partial charge in [0.05, 0.1) is 5.60 Å². The molecule has 0 aromatic heterocycles. The van der Waals surface area contributed by atoms with Gasteiger partial charge in [-0.2, -0.15) is 0 Å². The van der Waals surface area contributed by atoms with E-state index in [1.54, 1.807) is 4.90 Å². The number of ether oxygens (including phenoxy) is 1. The second kappa shape index (κ2) is 5.24. The number of carbonyl (C=O) groups excluding carboxylic acids is 1. The van der Waals surface area contributed by atoms with Crippen molar-refractivity contribution in [1.29, 1.82) is 0 Å². The zero-order valence-corrected chi connectivity index (χ0v) is 10.6. The Balaban J connectivity index is 1.71. The number of nitrogens with one attached hydrogen (secondary N) is 1. The lowest BCUT2D eigenvalue weighted by molar-refractivity contribution is -0.145. The molecule has 2 rings (SSSR count). The minimum Gasteiger partial charge on any atom is -0.481 e. The van der Waals surface area contributed by atoms with Crippen molar-refractivity contribution in [1.82, 2.24) is 10.2 Å². The molecule has 2 aliphatic heterocycles. The first-order valence-electron chi connectivity index (χ1n) is 6.33. The number of likely N-dealkylation sites (tertiary alicyclic amines) is 1. The smallest absolute Gasteiger partial charge is 0.303 e. The van der Waals surface area contributed by atoms with Crippen molar-refractivity contribution < 1.29 is 19.4 Å². The fourth-order valence-corrected chi connectivity index (χ4v) is 2.38. The molecule has 6 heteroatoms. The second-order valence-corrected chi connectivity index (χ2v) is 5.43. The number of nitrogens with zero attached hydrogens (tertiary/aromatic N) is 1. The third-order valence-electron chi connectivity index (χ3n) is 3.64. The highest BCUT2D eigenvalue weighted by molar-refractivity contribution is 5.78. The zero-order valence-electron chi connectivity index (χ0n) is 10.6. The quantitative estimate of drug-likeness (QED) is 0.705. The molecule has 1 unspecified atom stereocenters. The highest BCUT2D eigenvalue weighted by Crippen LogP contribution is 2.20. The topological polar surface area (TPSA) is 78.9 Å². The Kier molecular flexibility index (Phi) is 3.87. The zero-order chi connectivity index (χ0) is 13.2. The summed E-state index contributed by atoms with van der Waals surface area (Å²) in [5, 5.41) is 11.8. The minimum absolute atomic E-state index is 0.0315. The fraction of sp³-hybridized carbons (Fsp3) is 0.833. The van der Waals surface area contributed by atoms with Crippen LogP contribution in [0, 0.1) is 5.92 Å². The molecule has 0 aromatic carbocycles. The van der Waals surface area contributed by atoms with E-state index in [4.69, 9.17) is 9.84 Å². The number of hydrogen-bond donors (Lipinski definition) is 2. The van der Waals surface area contributed by atoms with Gasteiger partial charge in [0.1, 0.15) is 6.61 Å². The van der Waals surface area contributed by atoms with Gasteiger partial charge < -0.3 is 20.1 Å². The summed E-state index contributed by atoms with van der Waals surface area (Å²) in [6.45, 7) is 4.83. The lowest BCUT2D eigenvalue weighted by Gasteiger charge is -2.39. The fourth-order valence-electron chi connectivity index (χ4n) is 2.38. The number of carbonyl (C=O) groups is 2. The standard InChI is InChI=1S/C12H20N2O4/c1-12(7-13-8-12)18-6-10(15)14-3-2-9(5-14)4-11(16)17/h9,13H,2-8H2,1H3,(H,16,17). The Morgan fingerprint density at radius 3 is 2.78 bits per heavy atom. The average Bonchev–Trinajstić information content (AvgIpc) is 2.70. The number of amides is 1. The lowest BCUT2D eigenvalue weighted by Crippen LogP contribution is -2.59. The summed E-state index contributed by atoms with van der Waals surface area (Å²) in [5.74, 6) is -0.734. The van der Waals surface area contributed by atoms with Gasteiger partial charge in [0.15, 0.2) is 0 Å². The maximum absolute atomic E-state index is 11.9. The SMILES string of the molecule is CC1(OCC(=O)N2CCC(CC(=O)O)C2)CNC1. The molecule has 102 valence electrons. The molecule has 2 N–H and O–H groups in total. The van der Waals surface area contributed by atoms with E-state index in [9.17, 15) is 9.59 Å². The third kappa shape index (κ3) is 3.20. The normalized spacial score (nSPS) is 25.8. The summed E-state index contributed by atoms with van der Waals surface area (Å²) in [6, 6.07) is 0. The Labute approximate surface area is 106 Å². The predicted octanol–water partition coefficient (Wildman–Crippen LogP) is -0.312. The van der Waals surface area contributed by atoms with Crippen molar-refractivity contribution in [3.63, 3.8) is 0 Å². The summed E-state index contributed by atoms with van der Waals surface area (Å²) in [6.07, 6.45) is 0.920. The van der Waals surface area contributed by atoms with Crippen LogP contribution in [-0.4, -0.2) is 60.3 Å². The molecule has 0 aromatic rings. The van der Waals surface area contributed by atoms with Crippen LogP contribution in [0.3, 0.4) is 0 Å². The molecule has 6 nitrogen and oxygen atoms in total. The monoisotopic (exact) mass is 256 g/mol. The molecule has 0 aliphatic carbocycles. The van der Waals surface area contributed by atoms with Gasteiger partial charge in [-0.1, -0.05) is 0 Å². The van der Waals surface area contributed by atoms with Gasteiger partial charge in [-0.25, -0.2) is 0 Å². The molecule has 2 aliphatic rings. The van der Waals surface area contributed by atoms with Crippen LogP contribution in [0.4, 0.5) is 0 Å². The molecule has 0 spiro atoms. The van der Waals surface area contributed by atoms with Crippen molar-refractivity contribution >= 4 is 11.9 Å². The molecule has 18 heavy (non-hydrogen) atoms. The van der Waals surface area contributed by atoms with Crippen LogP contribution in [0.2, 0.25) is 0 Å². The third-order valence-corrected chi connectivity index (χ3v) is 3.64. The van der Waals surface area contributed by atoms with Gasteiger partial charge in [-0.15, -0.1) is 0 Å². The molecule has 0 saturated carbocycles. The number of rotatable bonds is 5. The van der Waals surface area contributed by atoms with Crippen LogP contribution in [0.25, 0.3) is 0 Å². The molecule has 2 saturated heterocycles. The summed E-state index contributed by atoms with van der Waals surface area (Å²) >= 11 is 0. The van der Waals surface area contributed by atoms with Crippen molar-refractivity contribution in [2.24, 2.45) is 5.92 Å². The Hall–Kier alpha value is -1.14. The number of aliphatic carboxylic acids is 1. The van der Waals surface area contributed by atoms with Gasteiger partial charge in [-0.3, -0.25) is 9.59 Å². The minimum atomic E-state index is -0.793. The van der Waals surface area contributed by atoms with Crippen molar-refractivity contribution in [3.05, 3.63) is 0 Å². The van der Waals surface area contributed by atoms with Crippen LogP contribution >= 0.6 is 0 Å². The van der Waals surface area contributed by atoms with Crippen LogP contribution in [0.15, 0.2) is 0 Å². The van der Waals surface area contributed by atoms with E-state index in [1.165, 1.54) is 0 Å². The van der Waals surface area contributed by atoms with Crippen LogP contribution in [-0.2, 0) is 14.3 Å². The highest BCUT2D eigenvalue weighted by Gasteiger charge is 2.34. The van der Waals surface area contributed by atoms with Gasteiger partial charge >= 0.3 is 5.97 Å². The number of carboxylic acid groups (broad SMARTS) is 1. The molecule has 0 bridgehead atoms. The molecule has 1 amide bonds. The number of hydrogen-bond acceptors (Lipinski definition) is 4.